The highest BCUT2D eigenvalue weighted by Crippen LogP contribution is 2.26. The number of hydrogen-bond acceptors (Lipinski definition) is 4. The Labute approximate surface area is 125 Å². The Morgan fingerprint density at radius 2 is 2.10 bits per heavy atom. The van der Waals surface area contributed by atoms with Crippen LogP contribution in [-0.4, -0.2) is 29.0 Å². The Morgan fingerprint density at radius 1 is 1.40 bits per heavy atom. The molecule has 5 heteroatoms. The smallest absolute Gasteiger partial charge is 0.195 e. The van der Waals surface area contributed by atoms with Crippen molar-refractivity contribution in [3.8, 4) is 0 Å². The summed E-state index contributed by atoms with van der Waals surface area (Å²) in [6, 6.07) is 0.472. The Morgan fingerprint density at radius 3 is 2.70 bits per heavy atom. The van der Waals surface area contributed by atoms with Crippen LogP contribution >= 0.6 is 11.3 Å². The van der Waals surface area contributed by atoms with Crippen LogP contribution in [0.2, 0.25) is 0 Å². The van der Waals surface area contributed by atoms with Gasteiger partial charge in [-0.3, -0.25) is 4.40 Å². The molecular formula is C15H26N4S. The maximum absolute atomic E-state index is 4.80. The molecular weight excluding hydrogens is 268 g/mol. The highest BCUT2D eigenvalue weighted by atomic mass is 32.1. The lowest BCUT2D eigenvalue weighted by molar-refractivity contribution is 0.417. The van der Waals surface area contributed by atoms with Gasteiger partial charge in [0.1, 0.15) is 0 Å². The molecule has 0 spiro atoms. The van der Waals surface area contributed by atoms with Crippen molar-refractivity contribution in [1.29, 1.82) is 0 Å². The second kappa shape index (κ2) is 5.74. The molecule has 0 bridgehead atoms. The molecule has 0 amide bonds. The third-order valence-corrected chi connectivity index (χ3v) is 3.85. The number of rotatable bonds is 5. The molecule has 0 aliphatic carbocycles. The molecule has 0 radical (unpaired) electrons. The van der Waals surface area contributed by atoms with Crippen molar-refractivity contribution in [2.24, 2.45) is 5.41 Å². The van der Waals surface area contributed by atoms with Crippen molar-refractivity contribution in [2.45, 2.75) is 47.2 Å². The fourth-order valence-corrected chi connectivity index (χ4v) is 3.11. The summed E-state index contributed by atoms with van der Waals surface area (Å²) in [6.45, 7) is 13.0. The van der Waals surface area contributed by atoms with Gasteiger partial charge in [-0.1, -0.05) is 34.6 Å². The van der Waals surface area contributed by atoms with Crippen LogP contribution in [0.15, 0.2) is 11.6 Å². The molecule has 2 rings (SSSR count). The zero-order valence-electron chi connectivity index (χ0n) is 13.4. The van der Waals surface area contributed by atoms with Crippen molar-refractivity contribution in [3.63, 3.8) is 0 Å². The number of anilines is 1. The van der Waals surface area contributed by atoms with E-state index < -0.39 is 0 Å². The standard InChI is InChI=1S/C15H26N4S/c1-11(2)16-9-12-13(18(6)10-15(3,4)5)17-14-19(12)7-8-20-14/h7-8,11,16H,9-10H2,1-6H3. The molecule has 0 aliphatic heterocycles. The van der Waals surface area contributed by atoms with E-state index in [1.54, 1.807) is 11.3 Å². The van der Waals surface area contributed by atoms with Crippen LogP contribution in [0.3, 0.4) is 0 Å². The lowest BCUT2D eigenvalue weighted by atomic mass is 9.96. The summed E-state index contributed by atoms with van der Waals surface area (Å²) >= 11 is 1.69. The van der Waals surface area contributed by atoms with Gasteiger partial charge in [0.05, 0.1) is 5.69 Å². The molecule has 112 valence electrons. The summed E-state index contributed by atoms with van der Waals surface area (Å²) in [6.07, 6.45) is 2.11. The summed E-state index contributed by atoms with van der Waals surface area (Å²) in [7, 11) is 2.14. The molecule has 0 atom stereocenters. The molecule has 4 nitrogen and oxygen atoms in total. The maximum Gasteiger partial charge on any atom is 0.195 e. The van der Waals surface area contributed by atoms with Gasteiger partial charge in [0, 0.05) is 37.8 Å². The predicted octanol–water partition coefficient (Wildman–Crippen LogP) is 3.38. The quantitative estimate of drug-likeness (QED) is 0.917. The predicted molar refractivity (Wildman–Crippen MR) is 87.8 cm³/mol. The maximum atomic E-state index is 4.80. The molecule has 2 heterocycles. The van der Waals surface area contributed by atoms with Gasteiger partial charge in [-0.25, -0.2) is 4.98 Å². The van der Waals surface area contributed by atoms with E-state index in [4.69, 9.17) is 4.98 Å². The van der Waals surface area contributed by atoms with Crippen LogP contribution in [-0.2, 0) is 6.54 Å². The van der Waals surface area contributed by atoms with Gasteiger partial charge in [0.15, 0.2) is 10.8 Å². The number of hydrogen-bond donors (Lipinski definition) is 1. The van der Waals surface area contributed by atoms with E-state index in [1.165, 1.54) is 5.69 Å². The highest BCUT2D eigenvalue weighted by Gasteiger charge is 2.20. The zero-order valence-corrected chi connectivity index (χ0v) is 14.2. The largest absolute Gasteiger partial charge is 0.358 e. The van der Waals surface area contributed by atoms with Crippen LogP contribution in [0.5, 0.6) is 0 Å². The molecule has 0 unspecified atom stereocenters. The molecule has 2 aromatic rings. The number of imidazole rings is 1. The molecule has 0 aromatic carbocycles. The van der Waals surface area contributed by atoms with E-state index in [0.29, 0.717) is 6.04 Å². The number of nitrogens with one attached hydrogen (secondary N) is 1. The lowest BCUT2D eigenvalue weighted by Crippen LogP contribution is -2.31. The van der Waals surface area contributed by atoms with Gasteiger partial charge >= 0.3 is 0 Å². The van der Waals surface area contributed by atoms with Crippen molar-refractivity contribution >= 4 is 22.1 Å². The average molecular weight is 294 g/mol. The Kier molecular flexibility index (Phi) is 4.39. The van der Waals surface area contributed by atoms with E-state index >= 15 is 0 Å². The van der Waals surface area contributed by atoms with Gasteiger partial charge in [-0.2, -0.15) is 0 Å². The summed E-state index contributed by atoms with van der Waals surface area (Å²) in [5.74, 6) is 1.10. The first-order valence-electron chi connectivity index (χ1n) is 7.17. The Hall–Kier alpha value is -1.07. The Balaban J connectivity index is 2.31. The van der Waals surface area contributed by atoms with E-state index in [2.05, 4.69) is 67.9 Å². The van der Waals surface area contributed by atoms with Crippen LogP contribution in [0.25, 0.3) is 4.96 Å². The minimum atomic E-state index is 0.258. The van der Waals surface area contributed by atoms with Crippen LogP contribution < -0.4 is 10.2 Å². The summed E-state index contributed by atoms with van der Waals surface area (Å²) < 4.78 is 2.20. The van der Waals surface area contributed by atoms with Crippen molar-refractivity contribution in [2.75, 3.05) is 18.5 Å². The second-order valence-electron chi connectivity index (χ2n) is 6.89. The minimum absolute atomic E-state index is 0.258. The second-order valence-corrected chi connectivity index (χ2v) is 7.76. The number of fused-ring (bicyclic) bond motifs is 1. The van der Waals surface area contributed by atoms with E-state index in [1.807, 2.05) is 0 Å². The van der Waals surface area contributed by atoms with Crippen LogP contribution in [0.1, 0.15) is 40.3 Å². The zero-order chi connectivity index (χ0) is 14.9. The number of nitrogens with zero attached hydrogens (tertiary/aromatic N) is 3. The SMILES string of the molecule is CC(C)NCc1c(N(C)CC(C)(C)C)nc2sccn12. The fraction of sp³-hybridized carbons (Fsp3) is 0.667. The van der Waals surface area contributed by atoms with Gasteiger partial charge < -0.3 is 10.2 Å². The average Bonchev–Trinajstić information content (AvgIpc) is 2.83. The molecule has 1 N–H and O–H groups in total. The first kappa shape index (κ1) is 15.3. The van der Waals surface area contributed by atoms with Gasteiger partial charge in [0.2, 0.25) is 0 Å². The van der Waals surface area contributed by atoms with E-state index in [0.717, 1.165) is 23.9 Å². The highest BCUT2D eigenvalue weighted by molar-refractivity contribution is 7.15. The summed E-state index contributed by atoms with van der Waals surface area (Å²) in [4.78, 5) is 8.15. The molecule has 0 saturated carbocycles. The first-order chi connectivity index (χ1) is 9.28. The minimum Gasteiger partial charge on any atom is -0.358 e. The van der Waals surface area contributed by atoms with Gasteiger partial charge in [0.25, 0.3) is 0 Å². The Bertz CT molecular complexity index is 562. The van der Waals surface area contributed by atoms with Crippen LogP contribution in [0.4, 0.5) is 5.82 Å². The summed E-state index contributed by atoms with van der Waals surface area (Å²) in [5, 5.41) is 5.60. The van der Waals surface area contributed by atoms with Crippen molar-refractivity contribution in [1.82, 2.24) is 14.7 Å². The monoisotopic (exact) mass is 294 g/mol. The van der Waals surface area contributed by atoms with Gasteiger partial charge in [-0.15, -0.1) is 11.3 Å². The van der Waals surface area contributed by atoms with E-state index in [-0.39, 0.29) is 5.41 Å². The van der Waals surface area contributed by atoms with E-state index in [9.17, 15) is 0 Å². The number of thiazole rings is 1. The molecule has 0 aliphatic rings. The lowest BCUT2D eigenvalue weighted by Gasteiger charge is -2.27. The molecule has 0 fully saturated rings. The normalized spacial score (nSPS) is 12.6. The molecule has 20 heavy (non-hydrogen) atoms. The van der Waals surface area contributed by atoms with Gasteiger partial charge in [-0.05, 0) is 5.41 Å². The van der Waals surface area contributed by atoms with Crippen molar-refractivity contribution < 1.29 is 0 Å². The third-order valence-electron chi connectivity index (χ3n) is 3.09. The first-order valence-corrected chi connectivity index (χ1v) is 8.05. The van der Waals surface area contributed by atoms with Crippen LogP contribution in [0, 0.1) is 5.41 Å². The van der Waals surface area contributed by atoms with Crippen molar-refractivity contribution in [3.05, 3.63) is 17.3 Å². The number of aromatic nitrogens is 2. The summed E-state index contributed by atoms with van der Waals surface area (Å²) in [5.41, 5.74) is 1.51. The third kappa shape index (κ3) is 3.52. The fourth-order valence-electron chi connectivity index (χ4n) is 2.38. The molecule has 2 aromatic heterocycles. The molecule has 0 saturated heterocycles. The topological polar surface area (TPSA) is 32.6 Å².